The van der Waals surface area contributed by atoms with E-state index < -0.39 is 16.5 Å². The van der Waals surface area contributed by atoms with Gasteiger partial charge in [0, 0.05) is 21.3 Å². The molecule has 0 aliphatic rings. The molecular weight excluding hydrogens is 374 g/mol. The third kappa shape index (κ3) is 12.3. The number of benzene rings is 1. The molecule has 1 aromatic carbocycles. The van der Waals surface area contributed by atoms with Crippen LogP contribution >= 0.6 is 16.5 Å². The largest absolute Gasteiger partial charge is 0.331 e. The van der Waals surface area contributed by atoms with Gasteiger partial charge in [-0.1, -0.05) is 0 Å². The minimum atomic E-state index is -4.16. The molecular formula is C18H36O6P2. The smallest absolute Gasteiger partial charge is 0.316 e. The fourth-order valence-corrected chi connectivity index (χ4v) is 3.97. The van der Waals surface area contributed by atoms with Crippen molar-refractivity contribution in [3.8, 4) is 0 Å². The molecule has 0 radical (unpaired) electrons. The second-order valence-corrected chi connectivity index (χ2v) is 9.29. The minimum Gasteiger partial charge on any atom is -0.316 e. The molecule has 0 aliphatic heterocycles. The van der Waals surface area contributed by atoms with Gasteiger partial charge >= 0.3 is 125 Å². The van der Waals surface area contributed by atoms with Gasteiger partial charge in [0.15, 0.2) is 0 Å². The Morgan fingerprint density at radius 3 is 1.77 bits per heavy atom. The Kier molecular flexibility index (Phi) is 15.8. The Bertz CT molecular complexity index is 444. The zero-order chi connectivity index (χ0) is 19.8. The molecule has 0 heterocycles. The zero-order valence-corrected chi connectivity index (χ0v) is 18.4. The Morgan fingerprint density at radius 2 is 1.31 bits per heavy atom. The van der Waals surface area contributed by atoms with E-state index in [1.54, 1.807) is 33.5 Å². The van der Waals surface area contributed by atoms with Gasteiger partial charge in [-0.3, -0.25) is 0 Å². The summed E-state index contributed by atoms with van der Waals surface area (Å²) in [5.41, 5.74) is 0.871. The third-order valence-electron chi connectivity index (χ3n) is 3.88. The van der Waals surface area contributed by atoms with Crippen molar-refractivity contribution >= 4 is 21.9 Å². The molecule has 1 rings (SSSR count). The van der Waals surface area contributed by atoms with E-state index >= 15 is 0 Å². The van der Waals surface area contributed by atoms with Gasteiger partial charge in [-0.25, -0.2) is 0 Å². The summed E-state index contributed by atoms with van der Waals surface area (Å²) in [6, 6.07) is 7.09. The molecule has 0 saturated carbocycles. The Morgan fingerprint density at radius 1 is 0.808 bits per heavy atom. The van der Waals surface area contributed by atoms with Crippen molar-refractivity contribution in [1.29, 1.82) is 0 Å². The molecule has 0 aromatic heterocycles. The van der Waals surface area contributed by atoms with Crippen molar-refractivity contribution in [2.75, 3.05) is 21.3 Å². The van der Waals surface area contributed by atoms with Crippen LogP contribution in [-0.2, 0) is 20.0 Å². The zero-order valence-electron chi connectivity index (χ0n) is 16.5. The average Bonchev–Trinajstić information content (AvgIpc) is 2.62. The van der Waals surface area contributed by atoms with Crippen molar-refractivity contribution in [2.45, 2.75) is 58.3 Å². The van der Waals surface area contributed by atoms with Crippen LogP contribution in [0.4, 0.5) is 0 Å². The van der Waals surface area contributed by atoms with E-state index in [2.05, 4.69) is 20.5 Å². The first-order valence-electron chi connectivity index (χ1n) is 9.08. The van der Waals surface area contributed by atoms with Gasteiger partial charge in [0.1, 0.15) is 0 Å². The molecule has 0 fully saturated rings. The number of rotatable bonds is 12. The van der Waals surface area contributed by atoms with E-state index in [0.29, 0.717) is 5.30 Å². The molecule has 154 valence electrons. The molecule has 3 N–H and O–H groups in total. The van der Waals surface area contributed by atoms with Gasteiger partial charge in [0.2, 0.25) is 0 Å². The fraction of sp³-hybridized carbons (Fsp3) is 0.667. The molecule has 8 heteroatoms. The second kappa shape index (κ2) is 15.9. The van der Waals surface area contributed by atoms with Crippen LogP contribution in [-0.4, -0.2) is 36.0 Å². The normalized spacial score (nSPS) is 12.0. The maximum atomic E-state index is 9.42. The second-order valence-electron chi connectivity index (χ2n) is 5.94. The molecule has 1 aromatic rings. The van der Waals surface area contributed by atoms with Crippen LogP contribution in [0.15, 0.2) is 24.3 Å². The molecule has 0 saturated heterocycles. The summed E-state index contributed by atoms with van der Waals surface area (Å²) in [6.07, 6.45) is 9.42. The van der Waals surface area contributed by atoms with Gasteiger partial charge < -0.3 is 13.6 Å². The van der Waals surface area contributed by atoms with Crippen molar-refractivity contribution in [3.63, 3.8) is 0 Å². The quantitative estimate of drug-likeness (QED) is 0.353. The molecule has 6 nitrogen and oxygen atoms in total. The summed E-state index contributed by atoms with van der Waals surface area (Å²) in [7, 11) is -0.597. The predicted molar refractivity (Wildman–Crippen MR) is 111 cm³/mol. The fourth-order valence-electron chi connectivity index (χ4n) is 2.56. The summed E-state index contributed by atoms with van der Waals surface area (Å²) in [5, 5.41) is 0.334. The Balaban J connectivity index is 0.000000758. The Labute approximate surface area is 160 Å². The van der Waals surface area contributed by atoms with E-state index in [-0.39, 0.29) is 0 Å². The topological polar surface area (TPSA) is 88.4 Å². The van der Waals surface area contributed by atoms with Crippen LogP contribution in [0.25, 0.3) is 0 Å². The van der Waals surface area contributed by atoms with Gasteiger partial charge in [0.05, 0.1) is 0 Å². The van der Waals surface area contributed by atoms with Crippen molar-refractivity contribution in [1.82, 2.24) is 0 Å². The molecule has 0 atom stereocenters. The summed E-state index contributed by atoms with van der Waals surface area (Å²) < 4.78 is 14.0. The monoisotopic (exact) mass is 410 g/mol. The molecule has 0 aliphatic carbocycles. The molecule has 0 unspecified atom stereocenters. The summed E-state index contributed by atoms with van der Waals surface area (Å²) in [4.78, 5) is 28.3. The van der Waals surface area contributed by atoms with Crippen molar-refractivity contribution < 1.29 is 28.3 Å². The van der Waals surface area contributed by atoms with E-state index in [4.69, 9.17) is 0 Å². The average molecular weight is 410 g/mol. The molecule has 0 spiro atoms. The van der Waals surface area contributed by atoms with E-state index in [9.17, 15) is 14.7 Å². The maximum Gasteiger partial charge on any atom is 0.331 e. The van der Waals surface area contributed by atoms with Crippen LogP contribution in [0.5, 0.6) is 0 Å². The van der Waals surface area contributed by atoms with E-state index in [1.165, 1.54) is 32.1 Å². The number of unbranched alkanes of at least 4 members (excludes halogenated alkanes) is 6. The predicted octanol–water partition coefficient (Wildman–Crippen LogP) is 4.23. The van der Waals surface area contributed by atoms with Crippen LogP contribution in [0.3, 0.4) is 0 Å². The van der Waals surface area contributed by atoms with Crippen molar-refractivity contribution in [3.05, 3.63) is 29.8 Å². The number of aryl methyl sites for hydroxylation is 1. The van der Waals surface area contributed by atoms with E-state index in [0.717, 1.165) is 24.8 Å². The van der Waals surface area contributed by atoms with Gasteiger partial charge in [-0.15, -0.1) is 0 Å². The summed E-state index contributed by atoms with van der Waals surface area (Å²) in [6.45, 7) is 2.21. The first kappa shape index (κ1) is 25.8. The van der Waals surface area contributed by atoms with Gasteiger partial charge in [-0.2, -0.15) is 0 Å². The molecule has 0 bridgehead atoms. The molecule has 0 amide bonds. The number of hydrogen-bond donors (Lipinski definition) is 3. The minimum absolute atomic E-state index is 0.334. The van der Waals surface area contributed by atoms with E-state index in [1.807, 2.05) is 12.1 Å². The van der Waals surface area contributed by atoms with Crippen LogP contribution < -0.4 is 5.30 Å². The van der Waals surface area contributed by atoms with Crippen molar-refractivity contribution in [2.24, 2.45) is 0 Å². The van der Waals surface area contributed by atoms with Gasteiger partial charge in [-0.05, 0) is 0 Å². The van der Waals surface area contributed by atoms with Crippen LogP contribution in [0.1, 0.15) is 57.4 Å². The standard InChI is InChI=1S/C15H27O3P.C3H9O3P/c1-2-3-4-5-6-7-8-11-14-12-9-10-13-15(14)19(16,17)18;1-4-7(5-2)6-3/h9-10,12-13,16-19H,2-8,11H2,1H3;1-3H3. The Hall–Kier alpha value is -0.160. The number of hydrogen-bond acceptors (Lipinski definition) is 6. The summed E-state index contributed by atoms with van der Waals surface area (Å²) in [5.74, 6) is 0. The third-order valence-corrected chi connectivity index (χ3v) is 5.98. The van der Waals surface area contributed by atoms with Gasteiger partial charge in [0.25, 0.3) is 0 Å². The SMILES string of the molecule is CCCCCCCCCc1ccccc1[PH](O)(O)O.COP(OC)OC. The van der Waals surface area contributed by atoms with Crippen LogP contribution in [0, 0.1) is 0 Å². The first-order chi connectivity index (χ1) is 12.4. The van der Waals surface area contributed by atoms with Crippen LogP contribution in [0.2, 0.25) is 0 Å². The molecule has 26 heavy (non-hydrogen) atoms. The summed E-state index contributed by atoms with van der Waals surface area (Å²) >= 11 is 0. The maximum absolute atomic E-state index is 9.42. The first-order valence-corrected chi connectivity index (χ1v) is 12.0.